The summed E-state index contributed by atoms with van der Waals surface area (Å²) in [5.41, 5.74) is 1.41. The molecule has 0 aliphatic carbocycles. The van der Waals surface area contributed by atoms with Gasteiger partial charge in [-0.3, -0.25) is 0 Å². The van der Waals surface area contributed by atoms with E-state index < -0.39 is 0 Å². The Morgan fingerprint density at radius 1 is 1.10 bits per heavy atom. The average molecular weight is 147 g/mol. The predicted octanol–water partition coefficient (Wildman–Crippen LogP) is 2.65. The summed E-state index contributed by atoms with van der Waals surface area (Å²) in [4.78, 5) is 0. The summed E-state index contributed by atoms with van der Waals surface area (Å²) in [6.07, 6.45) is 0. The third kappa shape index (κ3) is 2.71. The first kappa shape index (κ1) is 9.99. The van der Waals surface area contributed by atoms with E-state index in [-0.39, 0.29) is 25.9 Å². The summed E-state index contributed by atoms with van der Waals surface area (Å²) in [6.45, 7) is 4.41. The Morgan fingerprint density at radius 2 is 1.60 bits per heavy atom. The number of benzene rings is 1. The Kier molecular flexibility index (Phi) is 4.74. The van der Waals surface area contributed by atoms with Crippen LogP contribution in [0.3, 0.4) is 0 Å². The maximum atomic E-state index is 2.20. The van der Waals surface area contributed by atoms with Crippen LogP contribution in [0.15, 0.2) is 30.3 Å². The second-order valence-corrected chi connectivity index (χ2v) is 2.57. The van der Waals surface area contributed by atoms with Crippen LogP contribution in [0.1, 0.15) is 28.2 Å². The first-order valence-electron chi connectivity index (χ1n) is 3.35. The summed E-state index contributed by atoms with van der Waals surface area (Å²) in [5, 5.41) is 0. The minimum atomic E-state index is 0. The van der Waals surface area contributed by atoms with Crippen molar-refractivity contribution in [3.8, 4) is 0 Å². The predicted molar refractivity (Wildman–Crippen MR) is 48.5 cm³/mol. The largest absolute Gasteiger partial charge is 2.00 e. The normalized spacial score (nSPS) is 9.10. The van der Waals surface area contributed by atoms with E-state index in [4.69, 9.17) is 0 Å². The van der Waals surface area contributed by atoms with Crippen molar-refractivity contribution in [2.45, 2.75) is 19.8 Å². The van der Waals surface area contributed by atoms with Gasteiger partial charge in [-0.1, -0.05) is 44.2 Å². The zero-order chi connectivity index (χ0) is 6.69. The van der Waals surface area contributed by atoms with E-state index in [9.17, 15) is 0 Å². The van der Waals surface area contributed by atoms with Crippen LogP contribution in [0.5, 0.6) is 0 Å². The molecule has 52 valence electrons. The second-order valence-electron chi connectivity index (χ2n) is 2.57. The Morgan fingerprint density at radius 3 is 1.90 bits per heavy atom. The van der Waals surface area contributed by atoms with Crippen LogP contribution in [0.2, 0.25) is 0 Å². The molecular formula is C9H14Mg. The Hall–Kier alpha value is -0.0138. The fourth-order valence-corrected chi connectivity index (χ4v) is 0.838. The zero-order valence-electron chi connectivity index (χ0n) is 8.67. The van der Waals surface area contributed by atoms with Gasteiger partial charge in [0.2, 0.25) is 0 Å². The molecule has 0 saturated heterocycles. The summed E-state index contributed by atoms with van der Waals surface area (Å²) < 4.78 is 0. The second kappa shape index (κ2) is 4.75. The zero-order valence-corrected chi connectivity index (χ0v) is 8.09. The van der Waals surface area contributed by atoms with E-state index in [2.05, 4.69) is 38.1 Å². The molecule has 0 nitrogen and oxygen atoms in total. The molecule has 0 N–H and O–H groups in total. The van der Waals surface area contributed by atoms with E-state index in [1.165, 1.54) is 5.56 Å². The molecule has 0 aliphatic heterocycles. The smallest absolute Gasteiger partial charge is 1.00 e. The quantitative estimate of drug-likeness (QED) is 0.535. The fraction of sp³-hybridized carbons (Fsp3) is 0.333. The summed E-state index contributed by atoms with van der Waals surface area (Å²) in [7, 11) is 0. The van der Waals surface area contributed by atoms with Crippen molar-refractivity contribution in [2.24, 2.45) is 0 Å². The molecular weight excluding hydrogens is 132 g/mol. The van der Waals surface area contributed by atoms with Gasteiger partial charge in [-0.25, -0.2) is 0 Å². The maximum Gasteiger partial charge on any atom is 2.00 e. The monoisotopic (exact) mass is 146 g/mol. The van der Waals surface area contributed by atoms with Crippen molar-refractivity contribution < 1.29 is 2.85 Å². The van der Waals surface area contributed by atoms with Gasteiger partial charge in [-0.15, -0.1) is 0 Å². The standard InChI is InChI=1S/C9H12.Mg.2H/c1-8(2)9-6-4-3-5-7-9;;;/h3-8H,1-2H3;;;/q;+2;2*-1. The number of hydrogen-bond donors (Lipinski definition) is 0. The van der Waals surface area contributed by atoms with Crippen molar-refractivity contribution >= 4 is 23.1 Å². The van der Waals surface area contributed by atoms with E-state index in [0.29, 0.717) is 5.92 Å². The summed E-state index contributed by atoms with van der Waals surface area (Å²) >= 11 is 0. The molecule has 0 amide bonds. The summed E-state index contributed by atoms with van der Waals surface area (Å²) in [5.74, 6) is 0.659. The summed E-state index contributed by atoms with van der Waals surface area (Å²) in [6, 6.07) is 10.5. The van der Waals surface area contributed by atoms with E-state index in [0.717, 1.165) is 0 Å². The molecule has 0 aromatic heterocycles. The van der Waals surface area contributed by atoms with Crippen molar-refractivity contribution in [1.82, 2.24) is 0 Å². The van der Waals surface area contributed by atoms with Gasteiger partial charge in [0, 0.05) is 0 Å². The van der Waals surface area contributed by atoms with E-state index >= 15 is 0 Å². The van der Waals surface area contributed by atoms with Gasteiger partial charge in [-0.05, 0) is 11.5 Å². The van der Waals surface area contributed by atoms with Crippen LogP contribution in [-0.2, 0) is 0 Å². The molecule has 1 rings (SSSR count). The first-order chi connectivity index (χ1) is 4.30. The van der Waals surface area contributed by atoms with Crippen molar-refractivity contribution in [3.63, 3.8) is 0 Å². The molecule has 0 aliphatic rings. The molecule has 1 heteroatoms. The number of rotatable bonds is 1. The minimum Gasteiger partial charge on any atom is -1.00 e. The molecule has 0 unspecified atom stereocenters. The van der Waals surface area contributed by atoms with Gasteiger partial charge in [0.25, 0.3) is 0 Å². The van der Waals surface area contributed by atoms with Crippen LogP contribution in [0.25, 0.3) is 0 Å². The molecule has 0 saturated carbocycles. The van der Waals surface area contributed by atoms with Gasteiger partial charge in [-0.2, -0.15) is 0 Å². The van der Waals surface area contributed by atoms with E-state index in [1.807, 2.05) is 6.07 Å². The van der Waals surface area contributed by atoms with Crippen molar-refractivity contribution in [1.29, 1.82) is 0 Å². The third-order valence-electron chi connectivity index (χ3n) is 1.47. The van der Waals surface area contributed by atoms with Crippen molar-refractivity contribution in [3.05, 3.63) is 35.9 Å². The molecule has 0 spiro atoms. The molecule has 0 fully saturated rings. The molecule has 0 bridgehead atoms. The Bertz CT molecular complexity index is 175. The van der Waals surface area contributed by atoms with Gasteiger partial charge >= 0.3 is 23.1 Å². The molecule has 10 heavy (non-hydrogen) atoms. The fourth-order valence-electron chi connectivity index (χ4n) is 0.838. The van der Waals surface area contributed by atoms with Gasteiger partial charge in [0.15, 0.2) is 0 Å². The topological polar surface area (TPSA) is 0 Å². The number of hydrogen-bond acceptors (Lipinski definition) is 0. The minimum absolute atomic E-state index is 0. The van der Waals surface area contributed by atoms with Crippen LogP contribution in [0, 0.1) is 0 Å². The molecule has 0 heterocycles. The van der Waals surface area contributed by atoms with Crippen LogP contribution >= 0.6 is 0 Å². The van der Waals surface area contributed by atoms with Gasteiger partial charge in [0.05, 0.1) is 0 Å². The van der Waals surface area contributed by atoms with Crippen LogP contribution < -0.4 is 0 Å². The molecule has 1 aromatic rings. The third-order valence-corrected chi connectivity index (χ3v) is 1.47. The average Bonchev–Trinajstić information content (AvgIpc) is 1.90. The maximum absolute atomic E-state index is 2.20. The van der Waals surface area contributed by atoms with Gasteiger partial charge < -0.3 is 2.85 Å². The van der Waals surface area contributed by atoms with Crippen LogP contribution in [-0.4, -0.2) is 23.1 Å². The van der Waals surface area contributed by atoms with Crippen LogP contribution in [0.4, 0.5) is 0 Å². The molecule has 0 radical (unpaired) electrons. The SMILES string of the molecule is CC(C)c1ccccc1.[H-].[H-].[Mg+2]. The first-order valence-corrected chi connectivity index (χ1v) is 3.35. The van der Waals surface area contributed by atoms with Crippen molar-refractivity contribution in [2.75, 3.05) is 0 Å². The molecule has 0 atom stereocenters. The molecule has 1 aromatic carbocycles. The Balaban J connectivity index is -0.000000270. The van der Waals surface area contributed by atoms with E-state index in [1.54, 1.807) is 0 Å². The Labute approximate surface area is 81.8 Å². The van der Waals surface area contributed by atoms with Gasteiger partial charge in [0.1, 0.15) is 0 Å².